The third-order valence-electron chi connectivity index (χ3n) is 2.87. The normalized spacial score (nSPS) is 12.2. The van der Waals surface area contributed by atoms with E-state index < -0.39 is 0 Å². The Morgan fingerprint density at radius 1 is 1.21 bits per heavy atom. The van der Waals surface area contributed by atoms with Crippen molar-refractivity contribution in [2.45, 2.75) is 6.04 Å². The van der Waals surface area contributed by atoms with Crippen molar-refractivity contribution in [2.75, 3.05) is 14.2 Å². The highest BCUT2D eigenvalue weighted by Gasteiger charge is 2.23. The van der Waals surface area contributed by atoms with Gasteiger partial charge in [-0.15, -0.1) is 0 Å². The number of nitrogens with one attached hydrogen (secondary N) is 1. The summed E-state index contributed by atoms with van der Waals surface area (Å²) < 4.78 is 11.8. The van der Waals surface area contributed by atoms with Crippen molar-refractivity contribution in [3.8, 4) is 11.5 Å². The predicted octanol–water partition coefficient (Wildman–Crippen LogP) is 3.08. The minimum absolute atomic E-state index is 0.202. The molecule has 0 bridgehead atoms. The quantitative estimate of drug-likeness (QED) is 0.647. The Hall–Kier alpha value is -1.08. The molecule has 19 heavy (non-hydrogen) atoms. The number of hydrogen-bond acceptors (Lipinski definition) is 5. The molecule has 2 aromatic rings. The van der Waals surface area contributed by atoms with Crippen LogP contribution in [0, 0.1) is 0 Å². The van der Waals surface area contributed by atoms with Crippen LogP contribution >= 0.6 is 27.3 Å². The van der Waals surface area contributed by atoms with Gasteiger partial charge < -0.3 is 9.47 Å². The Balaban J connectivity index is 2.57. The second-order valence-electron chi connectivity index (χ2n) is 3.85. The molecule has 0 spiro atoms. The van der Waals surface area contributed by atoms with E-state index in [0.29, 0.717) is 0 Å². The van der Waals surface area contributed by atoms with Gasteiger partial charge in [0.1, 0.15) is 11.5 Å². The lowest BCUT2D eigenvalue weighted by molar-refractivity contribution is 0.377. The van der Waals surface area contributed by atoms with Gasteiger partial charge in [0.2, 0.25) is 0 Å². The van der Waals surface area contributed by atoms with E-state index in [0.717, 1.165) is 27.1 Å². The molecule has 0 saturated carbocycles. The van der Waals surface area contributed by atoms with Gasteiger partial charge in [0.05, 0.1) is 25.8 Å². The zero-order valence-corrected chi connectivity index (χ0v) is 13.0. The molecule has 0 saturated heterocycles. The molecule has 2 rings (SSSR count). The molecule has 1 unspecified atom stereocenters. The second kappa shape index (κ2) is 6.38. The van der Waals surface area contributed by atoms with E-state index in [1.807, 2.05) is 29.0 Å². The molecule has 0 fully saturated rings. The maximum atomic E-state index is 5.73. The zero-order valence-electron chi connectivity index (χ0n) is 10.6. The number of rotatable bonds is 5. The van der Waals surface area contributed by atoms with Crippen LogP contribution in [0.5, 0.6) is 11.5 Å². The third-order valence-corrected chi connectivity index (χ3v) is 4.63. The largest absolute Gasteiger partial charge is 0.496 e. The number of benzene rings is 1. The van der Waals surface area contributed by atoms with Crippen molar-refractivity contribution in [1.82, 2.24) is 5.43 Å². The second-order valence-corrected chi connectivity index (χ2v) is 5.45. The summed E-state index contributed by atoms with van der Waals surface area (Å²) in [5.41, 5.74) is 4.76. The Bertz CT molecular complexity index is 537. The smallest absolute Gasteiger partial charge is 0.127 e. The lowest BCUT2D eigenvalue weighted by Gasteiger charge is -2.21. The molecule has 0 aliphatic rings. The van der Waals surface area contributed by atoms with E-state index >= 15 is 0 Å². The average molecular weight is 343 g/mol. The lowest BCUT2D eigenvalue weighted by atomic mass is 9.99. The number of hydrogen-bond donors (Lipinski definition) is 2. The van der Waals surface area contributed by atoms with Gasteiger partial charge >= 0.3 is 0 Å². The Labute approximate surface area is 124 Å². The summed E-state index contributed by atoms with van der Waals surface area (Å²) >= 11 is 5.14. The number of ether oxygens (including phenoxy) is 2. The average Bonchev–Trinajstić information content (AvgIpc) is 2.86. The highest BCUT2D eigenvalue weighted by atomic mass is 79.9. The van der Waals surface area contributed by atoms with E-state index in [1.165, 1.54) is 0 Å². The fourth-order valence-electron chi connectivity index (χ4n) is 1.99. The minimum Gasteiger partial charge on any atom is -0.496 e. The Kier molecular flexibility index (Phi) is 4.81. The molecule has 1 aromatic heterocycles. The van der Waals surface area contributed by atoms with Crippen LogP contribution < -0.4 is 20.7 Å². The molecule has 1 aromatic carbocycles. The van der Waals surface area contributed by atoms with E-state index in [4.69, 9.17) is 15.3 Å². The molecule has 6 heteroatoms. The fourth-order valence-corrected chi connectivity index (χ4v) is 3.54. The van der Waals surface area contributed by atoms with Crippen LogP contribution in [0.2, 0.25) is 0 Å². The molecule has 0 aliphatic heterocycles. The van der Waals surface area contributed by atoms with Crippen LogP contribution in [-0.4, -0.2) is 14.2 Å². The van der Waals surface area contributed by atoms with Gasteiger partial charge in [-0.25, -0.2) is 5.43 Å². The van der Waals surface area contributed by atoms with Gasteiger partial charge in [-0.05, 0) is 39.0 Å². The monoisotopic (exact) mass is 342 g/mol. The van der Waals surface area contributed by atoms with Crippen molar-refractivity contribution in [2.24, 2.45) is 5.84 Å². The Morgan fingerprint density at radius 3 is 2.26 bits per heavy atom. The molecule has 102 valence electrons. The van der Waals surface area contributed by atoms with E-state index in [-0.39, 0.29) is 6.04 Å². The van der Waals surface area contributed by atoms with E-state index in [9.17, 15) is 0 Å². The molecule has 1 atom stereocenters. The number of thiophene rings is 1. The van der Waals surface area contributed by atoms with E-state index in [2.05, 4.69) is 21.4 Å². The third kappa shape index (κ3) is 2.76. The molecular formula is C13H15BrN2O2S. The van der Waals surface area contributed by atoms with Crippen molar-refractivity contribution < 1.29 is 9.47 Å². The minimum atomic E-state index is -0.202. The summed E-state index contributed by atoms with van der Waals surface area (Å²) in [5, 5.41) is 4.06. The van der Waals surface area contributed by atoms with Crippen LogP contribution in [0.25, 0.3) is 0 Å². The first kappa shape index (κ1) is 14.3. The predicted molar refractivity (Wildman–Crippen MR) is 80.7 cm³/mol. The first-order valence-electron chi connectivity index (χ1n) is 5.61. The van der Waals surface area contributed by atoms with Crippen molar-refractivity contribution in [3.05, 3.63) is 44.6 Å². The molecule has 0 amide bonds. The fraction of sp³-hybridized carbons (Fsp3) is 0.231. The highest BCUT2D eigenvalue weighted by Crippen LogP contribution is 2.40. The van der Waals surface area contributed by atoms with Gasteiger partial charge in [0.15, 0.2) is 0 Å². The van der Waals surface area contributed by atoms with Gasteiger partial charge in [0.25, 0.3) is 0 Å². The molecular weight excluding hydrogens is 328 g/mol. The molecule has 3 N–H and O–H groups in total. The molecule has 4 nitrogen and oxygen atoms in total. The van der Waals surface area contributed by atoms with Gasteiger partial charge in [0, 0.05) is 9.85 Å². The molecule has 0 radical (unpaired) electrons. The SMILES string of the molecule is COc1cccc(OC)c1C(NN)c1cscc1Br. The number of methoxy groups -OCH3 is 2. The summed E-state index contributed by atoms with van der Waals surface area (Å²) in [6.45, 7) is 0. The van der Waals surface area contributed by atoms with Crippen molar-refractivity contribution >= 4 is 27.3 Å². The van der Waals surface area contributed by atoms with E-state index in [1.54, 1.807) is 25.6 Å². The molecule has 1 heterocycles. The number of nitrogens with two attached hydrogens (primary N) is 1. The van der Waals surface area contributed by atoms with Gasteiger partial charge in [-0.3, -0.25) is 5.84 Å². The first-order chi connectivity index (χ1) is 9.22. The zero-order chi connectivity index (χ0) is 13.8. The van der Waals surface area contributed by atoms with Crippen LogP contribution in [-0.2, 0) is 0 Å². The van der Waals surface area contributed by atoms with Gasteiger partial charge in [-0.2, -0.15) is 11.3 Å². The highest BCUT2D eigenvalue weighted by molar-refractivity contribution is 9.10. The molecule has 0 aliphatic carbocycles. The van der Waals surface area contributed by atoms with Crippen molar-refractivity contribution in [3.63, 3.8) is 0 Å². The summed E-state index contributed by atoms with van der Waals surface area (Å²) in [6, 6.07) is 5.47. The van der Waals surface area contributed by atoms with Crippen LogP contribution in [0.1, 0.15) is 17.2 Å². The number of hydrazine groups is 1. The first-order valence-corrected chi connectivity index (χ1v) is 7.35. The summed E-state index contributed by atoms with van der Waals surface area (Å²) in [6.07, 6.45) is 0. The standard InChI is InChI=1S/C13H15BrN2O2S/c1-17-10-4-3-5-11(18-2)12(10)13(16-15)8-6-19-7-9(8)14/h3-7,13,16H,15H2,1-2H3. The lowest BCUT2D eigenvalue weighted by Crippen LogP contribution is -2.29. The maximum absolute atomic E-state index is 5.73. The van der Waals surface area contributed by atoms with Crippen LogP contribution in [0.4, 0.5) is 0 Å². The number of halogens is 1. The Morgan fingerprint density at radius 2 is 1.84 bits per heavy atom. The van der Waals surface area contributed by atoms with Gasteiger partial charge in [-0.1, -0.05) is 6.07 Å². The van der Waals surface area contributed by atoms with Crippen LogP contribution in [0.3, 0.4) is 0 Å². The maximum Gasteiger partial charge on any atom is 0.127 e. The topological polar surface area (TPSA) is 56.5 Å². The summed E-state index contributed by atoms with van der Waals surface area (Å²) in [5.74, 6) is 7.21. The summed E-state index contributed by atoms with van der Waals surface area (Å²) in [4.78, 5) is 0. The van der Waals surface area contributed by atoms with Crippen molar-refractivity contribution in [1.29, 1.82) is 0 Å². The van der Waals surface area contributed by atoms with Crippen LogP contribution in [0.15, 0.2) is 33.4 Å². The summed E-state index contributed by atoms with van der Waals surface area (Å²) in [7, 11) is 3.27.